The number of nitrogens with one attached hydrogen (secondary N) is 1. The molecule has 0 spiro atoms. The molecule has 2 atom stereocenters. The van der Waals surface area contributed by atoms with Gasteiger partial charge < -0.3 is 10.4 Å². The molecule has 8 heteroatoms. The van der Waals surface area contributed by atoms with E-state index in [-0.39, 0.29) is 21.4 Å². The number of benzene rings is 1. The normalized spacial score (nSPS) is 23.5. The minimum absolute atomic E-state index is 0.0122. The van der Waals surface area contributed by atoms with Gasteiger partial charge in [-0.2, -0.15) is 0 Å². The predicted molar refractivity (Wildman–Crippen MR) is 71.5 cm³/mol. The summed E-state index contributed by atoms with van der Waals surface area (Å²) in [7, 11) is -3.76. The van der Waals surface area contributed by atoms with E-state index in [1.54, 1.807) is 0 Å². The monoisotopic (exact) mass is 323 g/mol. The molecule has 1 saturated heterocycles. The Morgan fingerprint density at radius 3 is 2.58 bits per heavy atom. The van der Waals surface area contributed by atoms with Gasteiger partial charge in [0.2, 0.25) is 0 Å². The van der Waals surface area contributed by atoms with Gasteiger partial charge in [-0.1, -0.05) is 23.2 Å². The van der Waals surface area contributed by atoms with E-state index in [0.717, 1.165) is 0 Å². The lowest BCUT2D eigenvalue weighted by atomic mass is 10.2. The summed E-state index contributed by atoms with van der Waals surface area (Å²) >= 11 is 11.5. The Hall–Kier alpha value is -0.820. The maximum absolute atomic E-state index is 12.4. The van der Waals surface area contributed by atoms with Crippen molar-refractivity contribution in [2.24, 2.45) is 0 Å². The van der Waals surface area contributed by atoms with Gasteiger partial charge in [-0.3, -0.25) is 4.79 Å². The number of halogens is 2. The Balaban J connectivity index is 2.42. The van der Waals surface area contributed by atoms with Crippen molar-refractivity contribution in [1.82, 2.24) is 5.32 Å². The molecule has 1 aromatic carbocycles. The van der Waals surface area contributed by atoms with Crippen LogP contribution >= 0.6 is 23.2 Å². The molecule has 2 rings (SSSR count). The Kier molecular flexibility index (Phi) is 4.06. The lowest BCUT2D eigenvalue weighted by Gasteiger charge is -2.16. The van der Waals surface area contributed by atoms with Crippen LogP contribution in [0.5, 0.6) is 0 Å². The number of hydrogen-bond acceptors (Lipinski definition) is 4. The first-order valence-corrected chi connectivity index (χ1v) is 7.79. The van der Waals surface area contributed by atoms with Gasteiger partial charge in [0.05, 0.1) is 20.2 Å². The van der Waals surface area contributed by atoms with E-state index in [1.165, 1.54) is 18.2 Å². The first-order valence-electron chi connectivity index (χ1n) is 5.49. The first kappa shape index (κ1) is 14.6. The van der Waals surface area contributed by atoms with Crippen molar-refractivity contribution in [1.29, 1.82) is 0 Å². The van der Waals surface area contributed by atoms with Crippen molar-refractivity contribution in [2.45, 2.75) is 22.6 Å². The van der Waals surface area contributed by atoms with Crippen LogP contribution in [0.15, 0.2) is 23.1 Å². The molecule has 1 heterocycles. The van der Waals surface area contributed by atoms with Crippen molar-refractivity contribution in [3.05, 3.63) is 28.2 Å². The summed E-state index contributed by atoms with van der Waals surface area (Å²) in [6.07, 6.45) is 0.250. The van der Waals surface area contributed by atoms with E-state index in [2.05, 4.69) is 5.32 Å². The smallest absolute Gasteiger partial charge is 0.322 e. The van der Waals surface area contributed by atoms with Gasteiger partial charge in [0.25, 0.3) is 0 Å². The lowest BCUT2D eigenvalue weighted by Crippen LogP contribution is -2.42. The largest absolute Gasteiger partial charge is 0.480 e. The molecule has 5 nitrogen and oxygen atoms in total. The van der Waals surface area contributed by atoms with Crippen molar-refractivity contribution in [3.8, 4) is 0 Å². The van der Waals surface area contributed by atoms with Crippen LogP contribution in [0.1, 0.15) is 6.42 Å². The average molecular weight is 324 g/mol. The molecule has 2 unspecified atom stereocenters. The van der Waals surface area contributed by atoms with Crippen molar-refractivity contribution < 1.29 is 18.3 Å². The van der Waals surface area contributed by atoms with Crippen LogP contribution in [0.25, 0.3) is 0 Å². The highest BCUT2D eigenvalue weighted by Gasteiger charge is 2.42. The van der Waals surface area contributed by atoms with E-state index in [1.807, 2.05) is 0 Å². The third-order valence-electron chi connectivity index (χ3n) is 3.05. The highest BCUT2D eigenvalue weighted by molar-refractivity contribution is 7.92. The molecule has 104 valence electrons. The number of hydrogen-bond donors (Lipinski definition) is 2. The topological polar surface area (TPSA) is 83.5 Å². The van der Waals surface area contributed by atoms with E-state index < -0.39 is 27.1 Å². The molecule has 0 saturated carbocycles. The molecule has 0 radical (unpaired) electrons. The average Bonchev–Trinajstić information content (AvgIpc) is 2.82. The maximum atomic E-state index is 12.4. The molecule has 1 aliphatic heterocycles. The molecule has 0 aliphatic carbocycles. The second-order valence-corrected chi connectivity index (χ2v) is 7.20. The van der Waals surface area contributed by atoms with Crippen LogP contribution in [0.2, 0.25) is 10.0 Å². The van der Waals surface area contributed by atoms with Gasteiger partial charge in [-0.05, 0) is 31.2 Å². The molecule has 0 bridgehead atoms. The van der Waals surface area contributed by atoms with Crippen LogP contribution in [0, 0.1) is 0 Å². The molecule has 0 amide bonds. The number of carboxylic acid groups (broad SMARTS) is 1. The van der Waals surface area contributed by atoms with Crippen molar-refractivity contribution in [3.63, 3.8) is 0 Å². The minimum atomic E-state index is -3.76. The Labute approximate surface area is 120 Å². The zero-order valence-electron chi connectivity index (χ0n) is 9.64. The maximum Gasteiger partial charge on any atom is 0.322 e. The molecule has 2 N–H and O–H groups in total. The first-order chi connectivity index (χ1) is 8.84. The lowest BCUT2D eigenvalue weighted by molar-refractivity contribution is -0.138. The van der Waals surface area contributed by atoms with Gasteiger partial charge in [-0.15, -0.1) is 0 Å². The second-order valence-electron chi connectivity index (χ2n) is 4.22. The van der Waals surface area contributed by atoms with Crippen LogP contribution in [0.4, 0.5) is 0 Å². The molecular weight excluding hydrogens is 313 g/mol. The van der Waals surface area contributed by atoms with E-state index in [0.29, 0.717) is 6.54 Å². The minimum Gasteiger partial charge on any atom is -0.480 e. The Morgan fingerprint density at radius 2 is 2.00 bits per heavy atom. The molecule has 1 aromatic rings. The quantitative estimate of drug-likeness (QED) is 0.882. The molecule has 0 aromatic heterocycles. The summed E-state index contributed by atoms with van der Waals surface area (Å²) in [5.74, 6) is -1.17. The summed E-state index contributed by atoms with van der Waals surface area (Å²) in [5.41, 5.74) is 0. The van der Waals surface area contributed by atoms with E-state index >= 15 is 0 Å². The van der Waals surface area contributed by atoms with Gasteiger partial charge >= 0.3 is 5.97 Å². The van der Waals surface area contributed by atoms with E-state index in [9.17, 15) is 13.2 Å². The highest BCUT2D eigenvalue weighted by Crippen LogP contribution is 2.29. The molecule has 1 aliphatic rings. The fraction of sp³-hybridized carbons (Fsp3) is 0.364. The fourth-order valence-corrected chi connectivity index (χ4v) is 4.34. The van der Waals surface area contributed by atoms with Crippen LogP contribution in [-0.2, 0) is 14.6 Å². The Morgan fingerprint density at radius 1 is 1.32 bits per heavy atom. The molecule has 1 fully saturated rings. The van der Waals surface area contributed by atoms with Crippen LogP contribution in [0.3, 0.4) is 0 Å². The predicted octanol–water partition coefficient (Wildman–Crippen LogP) is 1.58. The third-order valence-corrected chi connectivity index (χ3v) is 6.00. The zero-order valence-corrected chi connectivity index (χ0v) is 12.0. The summed E-state index contributed by atoms with van der Waals surface area (Å²) in [4.78, 5) is 11.0. The number of carboxylic acids is 1. The summed E-state index contributed by atoms with van der Waals surface area (Å²) in [6.45, 7) is 0.349. The van der Waals surface area contributed by atoms with Gasteiger partial charge in [0, 0.05) is 0 Å². The summed E-state index contributed by atoms with van der Waals surface area (Å²) in [5, 5.41) is 11.1. The Bertz CT molecular complexity index is 617. The SMILES string of the molecule is O=C(O)C1NCCC1S(=O)(=O)c1ccc(Cl)c(Cl)c1. The third kappa shape index (κ3) is 2.72. The number of rotatable bonds is 3. The molecular formula is C11H11Cl2NO4S. The standard InChI is InChI=1S/C11H11Cl2NO4S/c12-7-2-1-6(5-8(7)13)19(17,18)9-3-4-14-10(9)11(15)16/h1-2,5,9-10,14H,3-4H2,(H,15,16). The van der Waals surface area contributed by atoms with Gasteiger partial charge in [0.1, 0.15) is 6.04 Å². The second kappa shape index (κ2) is 5.28. The fourth-order valence-electron chi connectivity index (χ4n) is 2.09. The highest BCUT2D eigenvalue weighted by atomic mass is 35.5. The van der Waals surface area contributed by atoms with Gasteiger partial charge in [-0.25, -0.2) is 8.42 Å². The number of sulfone groups is 1. The van der Waals surface area contributed by atoms with Crippen molar-refractivity contribution in [2.75, 3.05) is 6.54 Å². The van der Waals surface area contributed by atoms with Crippen molar-refractivity contribution >= 4 is 39.0 Å². The van der Waals surface area contributed by atoms with Gasteiger partial charge in [0.15, 0.2) is 9.84 Å². The van der Waals surface area contributed by atoms with Crippen LogP contribution in [-0.4, -0.2) is 37.3 Å². The van der Waals surface area contributed by atoms with E-state index in [4.69, 9.17) is 28.3 Å². The number of carbonyl (C=O) groups is 1. The van der Waals surface area contributed by atoms with Crippen LogP contribution < -0.4 is 5.32 Å². The zero-order chi connectivity index (χ0) is 14.2. The summed E-state index contributed by atoms with van der Waals surface area (Å²) in [6, 6.07) is 2.87. The summed E-state index contributed by atoms with van der Waals surface area (Å²) < 4.78 is 24.8. The molecule has 19 heavy (non-hydrogen) atoms. The number of aliphatic carboxylic acids is 1.